The zero-order chi connectivity index (χ0) is 15.0. The van der Waals surface area contributed by atoms with Crippen LogP contribution in [0.2, 0.25) is 0 Å². The molecule has 1 heterocycles. The first kappa shape index (κ1) is 16.8. The number of esters is 2. The van der Waals surface area contributed by atoms with E-state index in [1.54, 1.807) is 14.0 Å². The van der Waals surface area contributed by atoms with Crippen LogP contribution in [-0.2, 0) is 23.8 Å². The molecule has 0 aromatic rings. The summed E-state index contributed by atoms with van der Waals surface area (Å²) in [6.45, 7) is 2.92. The monoisotopic (exact) mass is 287 g/mol. The number of nitrogens with one attached hydrogen (secondary N) is 1. The van der Waals surface area contributed by atoms with Gasteiger partial charge in [0.2, 0.25) is 0 Å². The molecule has 0 amide bonds. The number of carbonyl (C=O) groups is 2. The first-order chi connectivity index (χ1) is 9.60. The van der Waals surface area contributed by atoms with Crippen molar-refractivity contribution < 1.29 is 28.9 Å². The molecule has 0 radical (unpaired) electrons. The molecule has 0 spiro atoms. The predicted octanol–water partition coefficient (Wildman–Crippen LogP) is -0.262. The van der Waals surface area contributed by atoms with Crippen LogP contribution >= 0.6 is 0 Å². The summed E-state index contributed by atoms with van der Waals surface area (Å²) in [5, 5.41) is 11.7. The molecule has 20 heavy (non-hydrogen) atoms. The van der Waals surface area contributed by atoms with Gasteiger partial charge in [-0.05, 0) is 19.8 Å². The number of carbonyl (C=O) groups excluding carboxylic acids is 2. The number of hydrogen-bond acceptors (Lipinski definition) is 7. The lowest BCUT2D eigenvalue weighted by Gasteiger charge is -2.17. The van der Waals surface area contributed by atoms with Crippen molar-refractivity contribution in [3.8, 4) is 0 Å². The van der Waals surface area contributed by atoms with Crippen molar-refractivity contribution in [3.05, 3.63) is 11.1 Å². The maximum Gasteiger partial charge on any atom is 0.342 e. The number of rotatable bonds is 10. The van der Waals surface area contributed by atoms with E-state index < -0.39 is 11.9 Å². The topological polar surface area (TPSA) is 94.1 Å². The molecule has 1 unspecified atom stereocenters. The summed E-state index contributed by atoms with van der Waals surface area (Å²) >= 11 is 0. The predicted molar refractivity (Wildman–Crippen MR) is 69.7 cm³/mol. The van der Waals surface area contributed by atoms with Crippen molar-refractivity contribution in [2.45, 2.75) is 26.0 Å². The second kappa shape index (κ2) is 8.80. The third kappa shape index (κ3) is 5.01. The van der Waals surface area contributed by atoms with E-state index in [0.29, 0.717) is 43.7 Å². The fourth-order valence-corrected chi connectivity index (χ4v) is 1.83. The van der Waals surface area contributed by atoms with Gasteiger partial charge in [0.05, 0.1) is 19.8 Å². The molecular formula is C13H21NO6. The molecule has 0 aromatic carbocycles. The van der Waals surface area contributed by atoms with Crippen LogP contribution < -0.4 is 5.32 Å². The van der Waals surface area contributed by atoms with Gasteiger partial charge in [-0.15, -0.1) is 0 Å². The number of aliphatic hydroxyl groups is 1. The molecule has 0 aromatic heterocycles. The van der Waals surface area contributed by atoms with Crippen molar-refractivity contribution in [1.82, 2.24) is 5.32 Å². The lowest BCUT2D eigenvalue weighted by atomic mass is 10.1. The quantitative estimate of drug-likeness (QED) is 0.247. The molecule has 2 N–H and O–H groups in total. The van der Waals surface area contributed by atoms with Crippen LogP contribution in [0.15, 0.2) is 11.1 Å². The van der Waals surface area contributed by atoms with Gasteiger partial charge in [-0.25, -0.2) is 9.59 Å². The maximum atomic E-state index is 11.4. The van der Waals surface area contributed by atoms with Crippen molar-refractivity contribution in [3.63, 3.8) is 0 Å². The van der Waals surface area contributed by atoms with Crippen LogP contribution in [0.25, 0.3) is 0 Å². The largest absolute Gasteiger partial charge is 0.394 e. The summed E-state index contributed by atoms with van der Waals surface area (Å²) in [6.07, 6.45) is 0.724. The van der Waals surface area contributed by atoms with Crippen molar-refractivity contribution in [2.24, 2.45) is 0 Å². The highest BCUT2D eigenvalue weighted by Gasteiger charge is 2.29. The van der Waals surface area contributed by atoms with Crippen molar-refractivity contribution in [2.75, 3.05) is 33.5 Å². The van der Waals surface area contributed by atoms with Gasteiger partial charge >= 0.3 is 11.9 Å². The van der Waals surface area contributed by atoms with Crippen LogP contribution in [0.4, 0.5) is 0 Å². The van der Waals surface area contributed by atoms with E-state index in [2.05, 4.69) is 10.1 Å². The number of aliphatic hydroxyl groups excluding tert-OH is 1. The summed E-state index contributed by atoms with van der Waals surface area (Å²) < 4.78 is 14.9. The Balaban J connectivity index is 2.31. The molecule has 0 aliphatic carbocycles. The molecule has 0 saturated carbocycles. The second-order valence-electron chi connectivity index (χ2n) is 4.33. The normalized spacial score (nSPS) is 16.8. The molecule has 1 atom stereocenters. The average molecular weight is 287 g/mol. The zero-order valence-corrected chi connectivity index (χ0v) is 11.8. The summed E-state index contributed by atoms with van der Waals surface area (Å²) in [6, 6.07) is 0. The first-order valence-corrected chi connectivity index (χ1v) is 6.51. The fraction of sp³-hybridized carbons (Fsp3) is 0.692. The summed E-state index contributed by atoms with van der Waals surface area (Å²) in [5.41, 5.74) is 0.784. The summed E-state index contributed by atoms with van der Waals surface area (Å²) in [7, 11) is 1.56. The van der Waals surface area contributed by atoms with E-state index in [-0.39, 0.29) is 12.8 Å². The van der Waals surface area contributed by atoms with Gasteiger partial charge in [-0.3, -0.25) is 5.32 Å². The highest BCUT2D eigenvalue weighted by Crippen LogP contribution is 2.21. The zero-order valence-electron chi connectivity index (χ0n) is 11.8. The molecule has 7 heteroatoms. The van der Waals surface area contributed by atoms with Crippen LogP contribution in [0.5, 0.6) is 0 Å². The fourth-order valence-electron chi connectivity index (χ4n) is 1.83. The Labute approximate surface area is 117 Å². The van der Waals surface area contributed by atoms with Gasteiger partial charge in [-0.2, -0.15) is 0 Å². The summed E-state index contributed by atoms with van der Waals surface area (Å²) in [5.74, 6) is -1.13. The molecular weight excluding hydrogens is 266 g/mol. The molecule has 0 saturated heterocycles. The molecule has 0 bridgehead atoms. The highest BCUT2D eigenvalue weighted by atomic mass is 16.6. The van der Waals surface area contributed by atoms with E-state index in [9.17, 15) is 9.59 Å². The third-order valence-electron chi connectivity index (χ3n) is 2.99. The van der Waals surface area contributed by atoms with E-state index in [4.69, 9.17) is 14.6 Å². The van der Waals surface area contributed by atoms with Gasteiger partial charge in [0.1, 0.15) is 6.23 Å². The molecule has 1 aliphatic rings. The Kier molecular flexibility index (Phi) is 7.38. The minimum Gasteiger partial charge on any atom is -0.394 e. The smallest absolute Gasteiger partial charge is 0.342 e. The lowest BCUT2D eigenvalue weighted by molar-refractivity contribution is -0.151. The molecule has 7 nitrogen and oxygen atoms in total. The number of cyclic esters (lactones) is 2. The minimum absolute atomic E-state index is 0.00270. The Morgan fingerprint density at radius 1 is 1.30 bits per heavy atom. The van der Waals surface area contributed by atoms with Gasteiger partial charge < -0.3 is 19.3 Å². The van der Waals surface area contributed by atoms with E-state index in [1.807, 2.05) is 0 Å². The highest BCUT2D eigenvalue weighted by molar-refractivity contribution is 6.11. The number of methoxy groups -OCH3 is 1. The van der Waals surface area contributed by atoms with Crippen LogP contribution in [0.1, 0.15) is 19.8 Å². The van der Waals surface area contributed by atoms with E-state index in [0.717, 1.165) is 0 Å². The minimum atomic E-state index is -0.565. The van der Waals surface area contributed by atoms with Gasteiger partial charge in [0, 0.05) is 24.8 Å². The van der Waals surface area contributed by atoms with E-state index >= 15 is 0 Å². The Morgan fingerprint density at radius 3 is 2.60 bits per heavy atom. The Bertz CT molecular complexity index is 379. The molecule has 0 fully saturated rings. The Morgan fingerprint density at radius 2 is 2.05 bits per heavy atom. The van der Waals surface area contributed by atoms with E-state index in [1.165, 1.54) is 0 Å². The first-order valence-electron chi connectivity index (χ1n) is 6.51. The summed E-state index contributed by atoms with van der Waals surface area (Å²) in [4.78, 5) is 22.6. The standard InChI is InChI=1S/C13H21NO6/c1-9-10(13(17)20-12(9)16)3-4-11(18-2)14-5-7-19-8-6-15/h11,14-15H,3-8H2,1-2H3. The number of hydrogen-bond donors (Lipinski definition) is 2. The van der Waals surface area contributed by atoms with Gasteiger partial charge in [0.25, 0.3) is 0 Å². The number of ether oxygens (including phenoxy) is 3. The molecule has 114 valence electrons. The van der Waals surface area contributed by atoms with Crippen LogP contribution in [-0.4, -0.2) is 56.7 Å². The lowest BCUT2D eigenvalue weighted by Crippen LogP contribution is -2.33. The molecule has 1 rings (SSSR count). The average Bonchev–Trinajstić information content (AvgIpc) is 2.67. The van der Waals surface area contributed by atoms with Crippen molar-refractivity contribution in [1.29, 1.82) is 0 Å². The second-order valence-corrected chi connectivity index (χ2v) is 4.33. The third-order valence-corrected chi connectivity index (χ3v) is 2.99. The Hall–Kier alpha value is -1.28. The van der Waals surface area contributed by atoms with Crippen molar-refractivity contribution >= 4 is 11.9 Å². The molecule has 1 aliphatic heterocycles. The maximum absolute atomic E-state index is 11.4. The van der Waals surface area contributed by atoms with Gasteiger partial charge in [-0.1, -0.05) is 0 Å². The van der Waals surface area contributed by atoms with Crippen LogP contribution in [0, 0.1) is 0 Å². The van der Waals surface area contributed by atoms with Crippen LogP contribution in [0.3, 0.4) is 0 Å². The SMILES string of the molecule is COC(CCC1=C(C)C(=O)OC1=O)NCCOCCO. The van der Waals surface area contributed by atoms with Gasteiger partial charge in [0.15, 0.2) is 0 Å².